The third kappa shape index (κ3) is 7.20. The summed E-state index contributed by atoms with van der Waals surface area (Å²) in [5.74, 6) is 2.11. The molecule has 0 bridgehead atoms. The predicted octanol–water partition coefficient (Wildman–Crippen LogP) is 6.39. The number of benzene rings is 3. The fourth-order valence-electron chi connectivity index (χ4n) is 4.94. The van der Waals surface area contributed by atoms with Crippen LogP contribution < -0.4 is 15.0 Å². The molecule has 1 heterocycles. The van der Waals surface area contributed by atoms with Crippen LogP contribution in [0, 0.1) is 12.8 Å². The molecule has 6 nitrogen and oxygen atoms in total. The van der Waals surface area contributed by atoms with Crippen LogP contribution in [0.15, 0.2) is 66.7 Å². The van der Waals surface area contributed by atoms with Crippen LogP contribution in [0.25, 0.3) is 0 Å². The maximum Gasteiger partial charge on any atom is 0.251 e. The van der Waals surface area contributed by atoms with Crippen molar-refractivity contribution < 1.29 is 14.6 Å². The highest BCUT2D eigenvalue weighted by Gasteiger charge is 2.27. The average Bonchev–Trinajstić information content (AvgIpc) is 2.88. The first kappa shape index (κ1) is 28.2. The van der Waals surface area contributed by atoms with Crippen LogP contribution in [0.1, 0.15) is 42.3 Å². The number of rotatable bonds is 9. The number of piperazine rings is 1. The van der Waals surface area contributed by atoms with Crippen molar-refractivity contribution in [2.45, 2.75) is 44.2 Å². The molecule has 4 rings (SSSR count). The lowest BCUT2D eigenvalue weighted by Gasteiger charge is -2.42. The van der Waals surface area contributed by atoms with Crippen molar-refractivity contribution in [2.75, 3.05) is 31.1 Å². The number of alkyl halides is 1. The topological polar surface area (TPSA) is 65.0 Å². The van der Waals surface area contributed by atoms with E-state index in [2.05, 4.69) is 58.5 Å². The molecular weight excluding hydrogens is 589 g/mol. The Balaban J connectivity index is 1.39. The number of halogens is 1. The fourth-order valence-corrected chi connectivity index (χ4v) is 5.53. The first-order chi connectivity index (χ1) is 18.2. The van der Waals surface area contributed by atoms with Crippen LogP contribution in [-0.2, 0) is 4.43 Å². The van der Waals surface area contributed by atoms with Gasteiger partial charge in [-0.25, -0.2) is 0 Å². The lowest BCUT2D eigenvalue weighted by molar-refractivity contribution is 0.0903. The Morgan fingerprint density at radius 2 is 1.89 bits per heavy atom. The smallest absolute Gasteiger partial charge is 0.251 e. The molecule has 1 aliphatic heterocycles. The van der Waals surface area contributed by atoms with Gasteiger partial charge in [0.2, 0.25) is 0 Å². The van der Waals surface area contributed by atoms with E-state index in [0.29, 0.717) is 23.3 Å². The van der Waals surface area contributed by atoms with Crippen molar-refractivity contribution >= 4 is 34.2 Å². The van der Waals surface area contributed by atoms with Gasteiger partial charge in [0.1, 0.15) is 17.2 Å². The van der Waals surface area contributed by atoms with Crippen LogP contribution in [0.2, 0.25) is 0 Å². The molecule has 1 saturated heterocycles. The summed E-state index contributed by atoms with van der Waals surface area (Å²) in [5, 5.41) is 13.2. The molecule has 0 radical (unpaired) electrons. The van der Waals surface area contributed by atoms with E-state index in [4.69, 9.17) is 4.74 Å². The Bertz CT molecular complexity index is 1250. The Morgan fingerprint density at radius 1 is 1.11 bits per heavy atom. The number of amides is 1. The van der Waals surface area contributed by atoms with Crippen LogP contribution in [-0.4, -0.2) is 54.2 Å². The van der Waals surface area contributed by atoms with E-state index in [1.165, 1.54) is 0 Å². The van der Waals surface area contributed by atoms with Gasteiger partial charge >= 0.3 is 0 Å². The summed E-state index contributed by atoms with van der Waals surface area (Å²) in [6.45, 7) is 12.1. The van der Waals surface area contributed by atoms with Gasteiger partial charge in [0.15, 0.2) is 0 Å². The van der Waals surface area contributed by atoms with Gasteiger partial charge < -0.3 is 20.1 Å². The van der Waals surface area contributed by atoms with Crippen molar-refractivity contribution in [3.05, 3.63) is 83.4 Å². The summed E-state index contributed by atoms with van der Waals surface area (Å²) in [7, 11) is 0. The van der Waals surface area contributed by atoms with E-state index in [9.17, 15) is 9.90 Å². The molecule has 0 aromatic heterocycles. The van der Waals surface area contributed by atoms with E-state index in [1.807, 2.05) is 67.6 Å². The molecule has 3 aromatic carbocycles. The van der Waals surface area contributed by atoms with Gasteiger partial charge in [0, 0.05) is 65.6 Å². The summed E-state index contributed by atoms with van der Waals surface area (Å²) in [6.07, 6.45) is 0. The van der Waals surface area contributed by atoms with Gasteiger partial charge in [-0.05, 0) is 67.8 Å². The minimum atomic E-state index is -0.0525. The van der Waals surface area contributed by atoms with Crippen molar-refractivity contribution in [1.82, 2.24) is 10.2 Å². The molecule has 2 N–H and O–H groups in total. The summed E-state index contributed by atoms with van der Waals surface area (Å²) >= 11 is 2.31. The third-order valence-electron chi connectivity index (χ3n) is 7.13. The molecule has 1 amide bonds. The number of hydrogen-bond donors (Lipinski definition) is 2. The maximum atomic E-state index is 13.3. The standard InChI is InChI=1S/C31H38IN3O3/c1-21(2)29(20-34-13-14-35(23(4)19-34)26-8-6-9-27(36)17-26)33-31(37)24-11-12-30(25(16-24)18-32)38-28-10-5-7-22(3)15-28/h5-12,15-17,21,23,29,36H,13-14,18-20H2,1-4H3,(H,33,37)/t23-,29+/m0/s1. The molecule has 0 unspecified atom stereocenters. The molecule has 1 aliphatic rings. The van der Waals surface area contributed by atoms with Gasteiger partial charge in [-0.1, -0.05) is 54.6 Å². The molecule has 7 heteroatoms. The lowest BCUT2D eigenvalue weighted by atomic mass is 10.0. The monoisotopic (exact) mass is 627 g/mol. The van der Waals surface area contributed by atoms with Crippen LogP contribution in [0.5, 0.6) is 17.2 Å². The van der Waals surface area contributed by atoms with E-state index in [1.54, 1.807) is 6.07 Å². The molecule has 2 atom stereocenters. The first-order valence-corrected chi connectivity index (χ1v) is 14.8. The third-order valence-corrected chi connectivity index (χ3v) is 7.95. The molecule has 1 fully saturated rings. The Labute approximate surface area is 240 Å². The highest BCUT2D eigenvalue weighted by atomic mass is 127. The number of anilines is 1. The minimum absolute atomic E-state index is 0.0355. The predicted molar refractivity (Wildman–Crippen MR) is 163 cm³/mol. The molecule has 3 aromatic rings. The zero-order chi connectivity index (χ0) is 27.2. The number of hydrogen-bond acceptors (Lipinski definition) is 5. The number of phenols is 1. The molecule has 0 saturated carbocycles. The number of ether oxygens (including phenoxy) is 1. The summed E-state index contributed by atoms with van der Waals surface area (Å²) in [4.78, 5) is 18.1. The molecule has 0 spiro atoms. The van der Waals surface area contributed by atoms with Gasteiger partial charge in [0.05, 0.1) is 0 Å². The largest absolute Gasteiger partial charge is 0.508 e. The maximum absolute atomic E-state index is 13.3. The normalized spacial score (nSPS) is 16.9. The Hall–Kier alpha value is -2.78. The molecule has 202 valence electrons. The van der Waals surface area contributed by atoms with Crippen molar-refractivity contribution in [2.24, 2.45) is 5.92 Å². The minimum Gasteiger partial charge on any atom is -0.508 e. The van der Waals surface area contributed by atoms with Crippen molar-refractivity contribution in [3.63, 3.8) is 0 Å². The summed E-state index contributed by atoms with van der Waals surface area (Å²) in [6, 6.07) is 21.5. The number of aromatic hydroxyl groups is 1. The van der Waals surface area contributed by atoms with E-state index in [-0.39, 0.29) is 11.9 Å². The van der Waals surface area contributed by atoms with Crippen LogP contribution in [0.3, 0.4) is 0 Å². The number of phenolic OH excluding ortho intramolecular Hbond substituents is 1. The molecule has 38 heavy (non-hydrogen) atoms. The fraction of sp³-hybridized carbons (Fsp3) is 0.387. The number of carbonyl (C=O) groups excluding carboxylic acids is 1. The van der Waals surface area contributed by atoms with Crippen LogP contribution >= 0.6 is 22.6 Å². The Kier molecular flexibility index (Phi) is 9.54. The zero-order valence-electron chi connectivity index (χ0n) is 22.7. The van der Waals surface area contributed by atoms with Crippen molar-refractivity contribution in [3.8, 4) is 17.2 Å². The lowest BCUT2D eigenvalue weighted by Crippen LogP contribution is -2.56. The highest BCUT2D eigenvalue weighted by molar-refractivity contribution is 14.1. The molecular formula is C31H38IN3O3. The highest BCUT2D eigenvalue weighted by Crippen LogP contribution is 2.29. The Morgan fingerprint density at radius 3 is 2.58 bits per heavy atom. The average molecular weight is 628 g/mol. The van der Waals surface area contributed by atoms with E-state index in [0.717, 1.165) is 58.9 Å². The molecule has 0 aliphatic carbocycles. The second-order valence-electron chi connectivity index (χ2n) is 10.5. The first-order valence-electron chi connectivity index (χ1n) is 13.3. The SMILES string of the molecule is Cc1cccc(Oc2ccc(C(=O)N[C@H](CN3CCN(c4cccc(O)c4)[C@@H](C)C3)C(C)C)cc2CI)c1. The second kappa shape index (κ2) is 12.8. The van der Waals surface area contributed by atoms with Gasteiger partial charge in [-0.2, -0.15) is 0 Å². The van der Waals surface area contributed by atoms with Gasteiger partial charge in [-0.15, -0.1) is 0 Å². The van der Waals surface area contributed by atoms with Gasteiger partial charge in [0.25, 0.3) is 5.91 Å². The van der Waals surface area contributed by atoms with E-state index >= 15 is 0 Å². The van der Waals surface area contributed by atoms with Crippen LogP contribution in [0.4, 0.5) is 5.69 Å². The second-order valence-corrected chi connectivity index (χ2v) is 11.3. The van der Waals surface area contributed by atoms with Gasteiger partial charge in [-0.3, -0.25) is 9.69 Å². The summed E-state index contributed by atoms with van der Waals surface area (Å²) in [5.41, 5.74) is 3.84. The number of nitrogens with zero attached hydrogens (tertiary/aromatic N) is 2. The summed E-state index contributed by atoms with van der Waals surface area (Å²) < 4.78 is 6.88. The number of carbonyl (C=O) groups is 1. The number of nitrogens with one attached hydrogen (secondary N) is 1. The quantitative estimate of drug-likeness (QED) is 0.213. The number of aryl methyl sites for hydroxylation is 1. The van der Waals surface area contributed by atoms with E-state index < -0.39 is 0 Å². The zero-order valence-corrected chi connectivity index (χ0v) is 24.8. The van der Waals surface area contributed by atoms with Crippen molar-refractivity contribution in [1.29, 1.82) is 0 Å².